The molecule has 4 heteroatoms. The maximum absolute atomic E-state index is 13.3. The van der Waals surface area contributed by atoms with Gasteiger partial charge in [0.05, 0.1) is 14.2 Å². The third kappa shape index (κ3) is 4.39. The molecule has 1 aliphatic rings. The first kappa shape index (κ1) is 20.2. The lowest BCUT2D eigenvalue weighted by molar-refractivity contribution is -0.126. The number of nitrogens with one attached hydrogen (secondary N) is 1. The molecular weight excluding hydrogens is 374 g/mol. The highest BCUT2D eigenvalue weighted by atomic mass is 16.5. The molecule has 1 heterocycles. The molecule has 1 saturated heterocycles. The summed E-state index contributed by atoms with van der Waals surface area (Å²) in [4.78, 5) is 13.3. The molecule has 1 aliphatic heterocycles. The summed E-state index contributed by atoms with van der Waals surface area (Å²) >= 11 is 0. The Morgan fingerprint density at radius 2 is 1.37 bits per heavy atom. The summed E-state index contributed by atoms with van der Waals surface area (Å²) in [7, 11) is 3.32. The van der Waals surface area contributed by atoms with Crippen LogP contribution in [0.2, 0.25) is 0 Å². The van der Waals surface area contributed by atoms with Gasteiger partial charge in [-0.3, -0.25) is 4.79 Å². The minimum atomic E-state index is -0.115. The van der Waals surface area contributed by atoms with E-state index >= 15 is 0 Å². The number of hydrogen-bond donors (Lipinski definition) is 1. The van der Waals surface area contributed by atoms with Crippen molar-refractivity contribution in [2.45, 2.75) is 24.9 Å². The molecule has 1 fully saturated rings. The van der Waals surface area contributed by atoms with E-state index in [0.29, 0.717) is 12.2 Å². The first-order chi connectivity index (χ1) is 14.7. The molecule has 3 atom stereocenters. The molecule has 3 aromatic rings. The van der Waals surface area contributed by atoms with Gasteiger partial charge in [-0.25, -0.2) is 0 Å². The summed E-state index contributed by atoms with van der Waals surface area (Å²) in [5.41, 5.74) is 3.38. The summed E-state index contributed by atoms with van der Waals surface area (Å²) in [5.74, 6) is 1.80. The molecular formula is C26H27NO3. The van der Waals surface area contributed by atoms with Crippen LogP contribution in [0.15, 0.2) is 78.9 Å². The third-order valence-corrected chi connectivity index (χ3v) is 5.89. The SMILES string of the molecule is COc1ccc([C@@H]2CC(=O)[C@@H](Cc3ccccc3)[C@H](c3ccc(OC)cc3)N2)cc1. The number of benzene rings is 3. The van der Waals surface area contributed by atoms with Gasteiger partial charge in [0.15, 0.2) is 0 Å². The predicted octanol–water partition coefficient (Wildman–Crippen LogP) is 4.91. The monoisotopic (exact) mass is 401 g/mol. The highest BCUT2D eigenvalue weighted by molar-refractivity contribution is 5.84. The minimum Gasteiger partial charge on any atom is -0.497 e. The summed E-state index contributed by atoms with van der Waals surface area (Å²) in [5, 5.41) is 3.76. The number of hydrogen-bond acceptors (Lipinski definition) is 4. The van der Waals surface area contributed by atoms with Crippen molar-refractivity contribution in [3.63, 3.8) is 0 Å². The number of methoxy groups -OCH3 is 2. The zero-order valence-electron chi connectivity index (χ0n) is 17.4. The lowest BCUT2D eigenvalue weighted by Gasteiger charge is -2.37. The zero-order chi connectivity index (χ0) is 20.9. The second-order valence-corrected chi connectivity index (χ2v) is 7.71. The molecule has 30 heavy (non-hydrogen) atoms. The van der Waals surface area contributed by atoms with Gasteiger partial charge in [-0.05, 0) is 47.4 Å². The number of ketones is 1. The van der Waals surface area contributed by atoms with Crippen molar-refractivity contribution in [3.05, 3.63) is 95.6 Å². The van der Waals surface area contributed by atoms with E-state index in [1.165, 1.54) is 5.56 Å². The highest BCUT2D eigenvalue weighted by Gasteiger charge is 2.37. The van der Waals surface area contributed by atoms with Gasteiger partial charge in [-0.1, -0.05) is 54.6 Å². The van der Waals surface area contributed by atoms with Crippen LogP contribution < -0.4 is 14.8 Å². The Balaban J connectivity index is 1.64. The van der Waals surface area contributed by atoms with Gasteiger partial charge < -0.3 is 14.8 Å². The van der Waals surface area contributed by atoms with Crippen LogP contribution in [-0.4, -0.2) is 20.0 Å². The first-order valence-electron chi connectivity index (χ1n) is 10.3. The van der Waals surface area contributed by atoms with Crippen LogP contribution in [0.1, 0.15) is 35.2 Å². The van der Waals surface area contributed by atoms with Crippen molar-refractivity contribution in [3.8, 4) is 11.5 Å². The van der Waals surface area contributed by atoms with Crippen molar-refractivity contribution in [1.82, 2.24) is 5.32 Å². The van der Waals surface area contributed by atoms with Crippen LogP contribution in [0.5, 0.6) is 11.5 Å². The second-order valence-electron chi connectivity index (χ2n) is 7.71. The van der Waals surface area contributed by atoms with E-state index < -0.39 is 0 Å². The van der Waals surface area contributed by atoms with Crippen LogP contribution >= 0.6 is 0 Å². The fourth-order valence-electron chi connectivity index (χ4n) is 4.22. The average Bonchev–Trinajstić information content (AvgIpc) is 2.81. The predicted molar refractivity (Wildman–Crippen MR) is 118 cm³/mol. The normalized spacial score (nSPS) is 21.3. The van der Waals surface area contributed by atoms with Crippen molar-refractivity contribution >= 4 is 5.78 Å². The molecule has 4 rings (SSSR count). The van der Waals surface area contributed by atoms with Crippen LogP contribution in [0.25, 0.3) is 0 Å². The third-order valence-electron chi connectivity index (χ3n) is 5.89. The van der Waals surface area contributed by atoms with Crippen molar-refractivity contribution in [2.75, 3.05) is 14.2 Å². The largest absolute Gasteiger partial charge is 0.497 e. The molecule has 154 valence electrons. The fourth-order valence-corrected chi connectivity index (χ4v) is 4.22. The van der Waals surface area contributed by atoms with Crippen LogP contribution in [0.4, 0.5) is 0 Å². The molecule has 1 N–H and O–H groups in total. The second kappa shape index (κ2) is 9.14. The zero-order valence-corrected chi connectivity index (χ0v) is 17.4. The standard InChI is InChI=1S/C26H27NO3/c1-29-21-12-8-19(9-13-21)24-17-25(28)23(16-18-6-4-3-5-7-18)26(27-24)20-10-14-22(30-2)15-11-20/h3-15,23-24,26-27H,16-17H2,1-2H3/t23-,24+,26+/m1/s1. The molecule has 3 aromatic carbocycles. The Bertz CT molecular complexity index is 967. The number of ether oxygens (including phenoxy) is 2. The van der Waals surface area contributed by atoms with E-state index in [0.717, 1.165) is 29.0 Å². The summed E-state index contributed by atoms with van der Waals surface area (Å²) in [6.45, 7) is 0. The van der Waals surface area contributed by atoms with Crippen molar-refractivity contribution in [1.29, 1.82) is 0 Å². The van der Waals surface area contributed by atoms with E-state index in [2.05, 4.69) is 29.6 Å². The number of carbonyl (C=O) groups is 1. The Morgan fingerprint density at radius 1 is 0.800 bits per heavy atom. The van der Waals surface area contributed by atoms with Crippen molar-refractivity contribution in [2.24, 2.45) is 5.92 Å². The molecule has 0 saturated carbocycles. The number of Topliss-reactive ketones (excluding diaryl/α,β-unsaturated/α-hetero) is 1. The number of carbonyl (C=O) groups excluding carboxylic acids is 1. The van der Waals surface area contributed by atoms with Gasteiger partial charge in [0.1, 0.15) is 17.3 Å². The molecule has 0 bridgehead atoms. The van der Waals surface area contributed by atoms with E-state index in [4.69, 9.17) is 9.47 Å². The number of rotatable bonds is 6. The Hall–Kier alpha value is -3.11. The van der Waals surface area contributed by atoms with E-state index in [1.807, 2.05) is 54.6 Å². The van der Waals surface area contributed by atoms with Gasteiger partial charge in [-0.15, -0.1) is 0 Å². The molecule has 0 radical (unpaired) electrons. The summed E-state index contributed by atoms with van der Waals surface area (Å²) in [6.07, 6.45) is 1.20. The minimum absolute atomic E-state index is 0.0254. The summed E-state index contributed by atoms with van der Waals surface area (Å²) < 4.78 is 10.6. The first-order valence-corrected chi connectivity index (χ1v) is 10.3. The van der Waals surface area contributed by atoms with Gasteiger partial charge in [0.25, 0.3) is 0 Å². The number of piperidine rings is 1. The maximum atomic E-state index is 13.3. The lowest BCUT2D eigenvalue weighted by atomic mass is 9.78. The smallest absolute Gasteiger partial charge is 0.140 e. The Morgan fingerprint density at radius 3 is 1.93 bits per heavy atom. The van der Waals surface area contributed by atoms with Gasteiger partial charge in [0.2, 0.25) is 0 Å². The quantitative estimate of drug-likeness (QED) is 0.638. The Kier molecular flexibility index (Phi) is 6.15. The topological polar surface area (TPSA) is 47.6 Å². The molecule has 4 nitrogen and oxygen atoms in total. The molecule has 0 amide bonds. The average molecular weight is 402 g/mol. The van der Waals surface area contributed by atoms with Gasteiger partial charge >= 0.3 is 0 Å². The molecule has 0 spiro atoms. The fraction of sp³-hybridized carbons (Fsp3) is 0.269. The highest BCUT2D eigenvalue weighted by Crippen LogP contribution is 2.37. The summed E-state index contributed by atoms with van der Waals surface area (Å²) in [6, 6.07) is 26.1. The van der Waals surface area contributed by atoms with Gasteiger partial charge in [-0.2, -0.15) is 0 Å². The molecule has 0 aliphatic carbocycles. The molecule has 0 aromatic heterocycles. The Labute approximate surface area is 177 Å². The van der Waals surface area contributed by atoms with Crippen LogP contribution in [-0.2, 0) is 11.2 Å². The van der Waals surface area contributed by atoms with Crippen LogP contribution in [0.3, 0.4) is 0 Å². The lowest BCUT2D eigenvalue weighted by Crippen LogP contribution is -2.43. The van der Waals surface area contributed by atoms with Gasteiger partial charge in [0, 0.05) is 24.4 Å². The van der Waals surface area contributed by atoms with Crippen molar-refractivity contribution < 1.29 is 14.3 Å². The molecule has 0 unspecified atom stereocenters. The maximum Gasteiger partial charge on any atom is 0.140 e. The van der Waals surface area contributed by atoms with Crippen LogP contribution in [0, 0.1) is 5.92 Å². The van der Waals surface area contributed by atoms with E-state index in [-0.39, 0.29) is 18.0 Å². The van der Waals surface area contributed by atoms with E-state index in [1.54, 1.807) is 14.2 Å². The van der Waals surface area contributed by atoms with E-state index in [9.17, 15) is 4.79 Å².